The van der Waals surface area contributed by atoms with Crippen molar-refractivity contribution in [3.05, 3.63) is 64.2 Å². The van der Waals surface area contributed by atoms with Crippen LogP contribution in [0.3, 0.4) is 0 Å². The van der Waals surface area contributed by atoms with Crippen LogP contribution in [0.4, 0.5) is 14.5 Å². The van der Waals surface area contributed by atoms with Crippen molar-refractivity contribution < 1.29 is 13.6 Å². The zero-order valence-electron chi connectivity index (χ0n) is 13.2. The molecule has 0 N–H and O–H groups in total. The molecule has 0 saturated carbocycles. The van der Waals surface area contributed by atoms with Gasteiger partial charge in [0.1, 0.15) is 17.2 Å². The van der Waals surface area contributed by atoms with Gasteiger partial charge < -0.3 is 9.80 Å². The highest BCUT2D eigenvalue weighted by molar-refractivity contribution is 6.30. The summed E-state index contributed by atoms with van der Waals surface area (Å²) in [4.78, 5) is 16.0. The molecule has 3 nitrogen and oxygen atoms in total. The zero-order valence-corrected chi connectivity index (χ0v) is 14.0. The summed E-state index contributed by atoms with van der Waals surface area (Å²) in [5, 5.41) is 0.655. The van der Waals surface area contributed by atoms with Gasteiger partial charge in [0, 0.05) is 36.9 Å². The van der Waals surface area contributed by atoms with Gasteiger partial charge in [0.25, 0.3) is 5.91 Å². The molecule has 126 valence electrons. The first kappa shape index (κ1) is 16.7. The fraction of sp³-hybridized carbons (Fsp3) is 0.278. The summed E-state index contributed by atoms with van der Waals surface area (Å²) in [7, 11) is 0. The van der Waals surface area contributed by atoms with Crippen LogP contribution in [-0.2, 0) is 0 Å². The molecule has 6 heteroatoms. The monoisotopic (exact) mass is 350 g/mol. The SMILES string of the molecule is Cc1ccc(Cl)cc1N1CCN(C(=O)c2c(F)cccc2F)CC1. The molecule has 0 spiro atoms. The number of carbonyl (C=O) groups excluding carboxylic acids is 1. The lowest BCUT2D eigenvalue weighted by Crippen LogP contribution is -2.49. The number of piperazine rings is 1. The molecule has 1 aliphatic rings. The summed E-state index contributed by atoms with van der Waals surface area (Å²) in [6.45, 7) is 3.97. The minimum absolute atomic E-state index is 0.401. The van der Waals surface area contributed by atoms with Crippen molar-refractivity contribution in [2.24, 2.45) is 0 Å². The molecule has 2 aromatic rings. The van der Waals surface area contributed by atoms with Crippen molar-refractivity contribution in [1.29, 1.82) is 0 Å². The number of aryl methyl sites for hydroxylation is 1. The number of hydrogen-bond donors (Lipinski definition) is 0. The van der Waals surface area contributed by atoms with Crippen LogP contribution in [0.15, 0.2) is 36.4 Å². The normalized spacial score (nSPS) is 14.8. The number of benzene rings is 2. The molecular formula is C18H17ClF2N2O. The number of rotatable bonds is 2. The predicted octanol–water partition coefficient (Wildman–Crippen LogP) is 3.89. The lowest BCUT2D eigenvalue weighted by Gasteiger charge is -2.37. The van der Waals surface area contributed by atoms with E-state index in [1.54, 1.807) is 0 Å². The second-order valence-corrected chi connectivity index (χ2v) is 6.24. The Bertz CT molecular complexity index is 753. The van der Waals surface area contributed by atoms with Gasteiger partial charge in [-0.15, -0.1) is 0 Å². The maximum absolute atomic E-state index is 13.8. The highest BCUT2D eigenvalue weighted by Crippen LogP contribution is 2.26. The summed E-state index contributed by atoms with van der Waals surface area (Å²) in [5.74, 6) is -2.26. The number of carbonyl (C=O) groups is 1. The maximum atomic E-state index is 13.8. The van der Waals surface area contributed by atoms with Crippen molar-refractivity contribution in [3.63, 3.8) is 0 Å². The van der Waals surface area contributed by atoms with Gasteiger partial charge >= 0.3 is 0 Å². The third kappa shape index (κ3) is 3.22. The van der Waals surface area contributed by atoms with E-state index in [0.717, 1.165) is 23.4 Å². The van der Waals surface area contributed by atoms with E-state index < -0.39 is 23.1 Å². The largest absolute Gasteiger partial charge is 0.368 e. The van der Waals surface area contributed by atoms with Crippen LogP contribution in [0.25, 0.3) is 0 Å². The van der Waals surface area contributed by atoms with E-state index in [0.29, 0.717) is 31.2 Å². The summed E-state index contributed by atoms with van der Waals surface area (Å²) in [6.07, 6.45) is 0. The molecule has 1 heterocycles. The van der Waals surface area contributed by atoms with Crippen LogP contribution in [-0.4, -0.2) is 37.0 Å². The van der Waals surface area contributed by atoms with E-state index in [1.807, 2.05) is 25.1 Å². The lowest BCUT2D eigenvalue weighted by molar-refractivity contribution is 0.0737. The minimum atomic E-state index is -0.826. The predicted molar refractivity (Wildman–Crippen MR) is 90.7 cm³/mol. The van der Waals surface area contributed by atoms with E-state index in [-0.39, 0.29) is 0 Å². The van der Waals surface area contributed by atoms with E-state index in [9.17, 15) is 13.6 Å². The van der Waals surface area contributed by atoms with Crippen LogP contribution in [0, 0.1) is 18.6 Å². The molecule has 0 radical (unpaired) electrons. The van der Waals surface area contributed by atoms with Crippen LogP contribution in [0.5, 0.6) is 0 Å². The molecule has 0 atom stereocenters. The Labute approximate surface area is 144 Å². The molecule has 1 amide bonds. The molecule has 0 aromatic heterocycles. The zero-order chi connectivity index (χ0) is 17.3. The maximum Gasteiger partial charge on any atom is 0.259 e. The highest BCUT2D eigenvalue weighted by atomic mass is 35.5. The average molecular weight is 351 g/mol. The molecule has 1 saturated heterocycles. The number of anilines is 1. The van der Waals surface area contributed by atoms with Crippen molar-refractivity contribution in [2.45, 2.75) is 6.92 Å². The smallest absolute Gasteiger partial charge is 0.259 e. The Hall–Kier alpha value is -2.14. The minimum Gasteiger partial charge on any atom is -0.368 e. The van der Waals surface area contributed by atoms with Gasteiger partial charge in [-0.2, -0.15) is 0 Å². The lowest BCUT2D eigenvalue weighted by atomic mass is 10.1. The van der Waals surface area contributed by atoms with Gasteiger partial charge in [-0.25, -0.2) is 8.78 Å². The molecule has 0 bridgehead atoms. The summed E-state index contributed by atoms with van der Waals surface area (Å²) in [6, 6.07) is 9.13. The van der Waals surface area contributed by atoms with E-state index >= 15 is 0 Å². The van der Waals surface area contributed by atoms with Crippen LogP contribution in [0.1, 0.15) is 15.9 Å². The van der Waals surface area contributed by atoms with Gasteiger partial charge in [-0.1, -0.05) is 23.7 Å². The van der Waals surface area contributed by atoms with Gasteiger partial charge in [0.15, 0.2) is 0 Å². The van der Waals surface area contributed by atoms with Crippen LogP contribution >= 0.6 is 11.6 Å². The molecule has 2 aromatic carbocycles. The van der Waals surface area contributed by atoms with Gasteiger partial charge in [-0.05, 0) is 36.8 Å². The summed E-state index contributed by atoms with van der Waals surface area (Å²) < 4.78 is 27.6. The topological polar surface area (TPSA) is 23.6 Å². The first-order valence-corrected chi connectivity index (χ1v) is 8.09. The van der Waals surface area contributed by atoms with E-state index in [2.05, 4.69) is 4.90 Å². The number of halogens is 3. The van der Waals surface area contributed by atoms with Crippen LogP contribution in [0.2, 0.25) is 5.02 Å². The molecular weight excluding hydrogens is 334 g/mol. The third-order valence-corrected chi connectivity index (χ3v) is 4.49. The Kier molecular flexibility index (Phi) is 4.71. The Morgan fingerprint density at radius 1 is 1.04 bits per heavy atom. The van der Waals surface area contributed by atoms with Gasteiger partial charge in [-0.3, -0.25) is 4.79 Å². The molecule has 1 fully saturated rings. The van der Waals surface area contributed by atoms with Gasteiger partial charge in [0.2, 0.25) is 0 Å². The Morgan fingerprint density at radius 2 is 1.67 bits per heavy atom. The molecule has 24 heavy (non-hydrogen) atoms. The highest BCUT2D eigenvalue weighted by Gasteiger charge is 2.27. The fourth-order valence-corrected chi connectivity index (χ4v) is 3.10. The fourth-order valence-electron chi connectivity index (χ4n) is 2.93. The molecule has 1 aliphatic heterocycles. The number of amides is 1. The summed E-state index contributed by atoms with van der Waals surface area (Å²) >= 11 is 6.06. The van der Waals surface area contributed by atoms with Crippen molar-refractivity contribution >= 4 is 23.2 Å². The number of nitrogens with zero attached hydrogens (tertiary/aromatic N) is 2. The van der Waals surface area contributed by atoms with E-state index in [1.165, 1.54) is 11.0 Å². The van der Waals surface area contributed by atoms with Crippen LogP contribution < -0.4 is 4.90 Å². The quantitative estimate of drug-likeness (QED) is 0.820. The Balaban J connectivity index is 1.73. The van der Waals surface area contributed by atoms with Crippen molar-refractivity contribution in [1.82, 2.24) is 4.90 Å². The first-order valence-electron chi connectivity index (χ1n) is 7.72. The standard InChI is InChI=1S/C18H17ClF2N2O/c1-12-5-6-13(19)11-16(12)22-7-9-23(10-8-22)18(24)17-14(20)3-2-4-15(17)21/h2-6,11H,7-10H2,1H3. The second kappa shape index (κ2) is 6.77. The van der Waals surface area contributed by atoms with Crippen molar-refractivity contribution in [3.8, 4) is 0 Å². The number of hydrogen-bond acceptors (Lipinski definition) is 2. The van der Waals surface area contributed by atoms with Crippen molar-refractivity contribution in [2.75, 3.05) is 31.1 Å². The summed E-state index contributed by atoms with van der Waals surface area (Å²) in [5.41, 5.74) is 1.64. The molecule has 0 aliphatic carbocycles. The first-order chi connectivity index (χ1) is 11.5. The third-order valence-electron chi connectivity index (χ3n) is 4.26. The molecule has 3 rings (SSSR count). The second-order valence-electron chi connectivity index (χ2n) is 5.81. The molecule has 0 unspecified atom stereocenters. The Morgan fingerprint density at radius 3 is 2.29 bits per heavy atom. The average Bonchev–Trinajstić information content (AvgIpc) is 2.57. The van der Waals surface area contributed by atoms with Gasteiger partial charge in [0.05, 0.1) is 0 Å². The van der Waals surface area contributed by atoms with E-state index in [4.69, 9.17) is 11.6 Å².